The molecule has 0 unspecified atom stereocenters. The number of urea groups is 1. The van der Waals surface area contributed by atoms with E-state index in [0.29, 0.717) is 21.9 Å². The van der Waals surface area contributed by atoms with Crippen LogP contribution < -0.4 is 21.1 Å². The quantitative estimate of drug-likeness (QED) is 0.439. The highest BCUT2D eigenvalue weighted by Crippen LogP contribution is 2.19. The lowest BCUT2D eigenvalue weighted by atomic mass is 10.1. The molecular formula is C20H17N3O4S. The van der Waals surface area contributed by atoms with Gasteiger partial charge in [0, 0.05) is 12.2 Å². The van der Waals surface area contributed by atoms with Crippen molar-refractivity contribution >= 4 is 34.9 Å². The van der Waals surface area contributed by atoms with Crippen molar-refractivity contribution in [1.82, 2.24) is 5.32 Å². The fourth-order valence-corrected chi connectivity index (χ4v) is 2.94. The van der Waals surface area contributed by atoms with Crippen LogP contribution in [0.25, 0.3) is 0 Å². The second kappa shape index (κ2) is 8.83. The van der Waals surface area contributed by atoms with Gasteiger partial charge in [-0.1, -0.05) is 18.2 Å². The molecule has 0 atom stereocenters. The molecule has 0 fully saturated rings. The fourth-order valence-electron chi connectivity index (χ4n) is 2.32. The van der Waals surface area contributed by atoms with Crippen LogP contribution in [0.15, 0.2) is 66.0 Å². The summed E-state index contributed by atoms with van der Waals surface area (Å²) in [6.07, 6.45) is 0. The molecule has 28 heavy (non-hydrogen) atoms. The maximum Gasteiger partial charge on any atom is 0.343 e. The van der Waals surface area contributed by atoms with E-state index in [1.165, 1.54) is 11.3 Å². The van der Waals surface area contributed by atoms with E-state index in [9.17, 15) is 14.4 Å². The number of nitrogens with two attached hydrogens (primary N) is 1. The van der Waals surface area contributed by atoms with Gasteiger partial charge < -0.3 is 21.1 Å². The van der Waals surface area contributed by atoms with Crippen molar-refractivity contribution in [3.63, 3.8) is 0 Å². The highest BCUT2D eigenvalue weighted by atomic mass is 32.1. The highest BCUT2D eigenvalue weighted by Gasteiger charge is 2.10. The van der Waals surface area contributed by atoms with Gasteiger partial charge in [-0.2, -0.15) is 0 Å². The predicted molar refractivity (Wildman–Crippen MR) is 107 cm³/mol. The van der Waals surface area contributed by atoms with Crippen LogP contribution in [0.2, 0.25) is 0 Å². The van der Waals surface area contributed by atoms with Crippen LogP contribution in [0.4, 0.5) is 10.5 Å². The van der Waals surface area contributed by atoms with Crippen molar-refractivity contribution in [3.05, 3.63) is 82.0 Å². The van der Waals surface area contributed by atoms with Gasteiger partial charge in [-0.15, -0.1) is 11.3 Å². The standard InChI is InChI=1S/C20H17N3O4S/c21-20(26)22-12-13-3-5-14(6-4-13)19(25)27-16-9-7-15(8-10-16)23-18(24)17-2-1-11-28-17/h1-11H,12H2,(H,23,24)(H3,21,22,26). The maximum absolute atomic E-state index is 12.2. The zero-order chi connectivity index (χ0) is 19.9. The summed E-state index contributed by atoms with van der Waals surface area (Å²) >= 11 is 1.36. The first-order valence-electron chi connectivity index (χ1n) is 8.30. The third-order valence-electron chi connectivity index (χ3n) is 3.72. The van der Waals surface area contributed by atoms with Crippen molar-refractivity contribution in [3.8, 4) is 5.75 Å². The van der Waals surface area contributed by atoms with E-state index < -0.39 is 12.0 Å². The first kappa shape index (κ1) is 19.1. The summed E-state index contributed by atoms with van der Waals surface area (Å²) in [5, 5.41) is 7.08. The summed E-state index contributed by atoms with van der Waals surface area (Å²) in [5.41, 5.74) is 6.80. The largest absolute Gasteiger partial charge is 0.423 e. The molecule has 0 aliphatic heterocycles. The Morgan fingerprint density at radius 2 is 1.68 bits per heavy atom. The Balaban J connectivity index is 1.56. The van der Waals surface area contributed by atoms with E-state index in [2.05, 4.69) is 10.6 Å². The Kier molecular flexibility index (Phi) is 6.03. The fraction of sp³-hybridized carbons (Fsp3) is 0.0500. The van der Waals surface area contributed by atoms with E-state index in [-0.39, 0.29) is 12.5 Å². The van der Waals surface area contributed by atoms with E-state index >= 15 is 0 Å². The molecule has 1 aromatic heterocycles. The molecule has 0 aliphatic carbocycles. The van der Waals surface area contributed by atoms with Gasteiger partial charge in [0.2, 0.25) is 0 Å². The second-order valence-corrected chi connectivity index (χ2v) is 6.71. The molecule has 7 nitrogen and oxygen atoms in total. The Labute approximate surface area is 165 Å². The summed E-state index contributed by atoms with van der Waals surface area (Å²) in [6, 6.07) is 16.1. The topological polar surface area (TPSA) is 111 Å². The number of nitrogens with one attached hydrogen (secondary N) is 2. The molecule has 0 bridgehead atoms. The Bertz CT molecular complexity index is 968. The van der Waals surface area contributed by atoms with Crippen molar-refractivity contribution < 1.29 is 19.1 Å². The third kappa shape index (κ3) is 5.18. The average Bonchev–Trinajstić information content (AvgIpc) is 3.23. The zero-order valence-corrected chi connectivity index (χ0v) is 15.5. The smallest absolute Gasteiger partial charge is 0.343 e. The van der Waals surface area contributed by atoms with Crippen LogP contribution in [0, 0.1) is 0 Å². The van der Waals surface area contributed by atoms with Gasteiger partial charge in [0.1, 0.15) is 5.75 Å². The Morgan fingerprint density at radius 3 is 2.29 bits per heavy atom. The lowest BCUT2D eigenvalue weighted by Gasteiger charge is -2.07. The van der Waals surface area contributed by atoms with Gasteiger partial charge in [-0.25, -0.2) is 9.59 Å². The Morgan fingerprint density at radius 1 is 0.964 bits per heavy atom. The summed E-state index contributed by atoms with van der Waals surface area (Å²) in [7, 11) is 0. The number of rotatable bonds is 6. The zero-order valence-electron chi connectivity index (χ0n) is 14.7. The van der Waals surface area contributed by atoms with Crippen molar-refractivity contribution in [1.29, 1.82) is 0 Å². The molecule has 1 heterocycles. The van der Waals surface area contributed by atoms with E-state index in [0.717, 1.165) is 5.56 Å². The van der Waals surface area contributed by atoms with E-state index in [1.54, 1.807) is 54.6 Å². The van der Waals surface area contributed by atoms with Crippen LogP contribution in [-0.2, 0) is 6.54 Å². The van der Waals surface area contributed by atoms with E-state index in [1.807, 2.05) is 11.4 Å². The number of ether oxygens (including phenoxy) is 1. The van der Waals surface area contributed by atoms with Gasteiger partial charge in [-0.05, 0) is 53.4 Å². The van der Waals surface area contributed by atoms with Crippen LogP contribution in [0.1, 0.15) is 25.6 Å². The lowest BCUT2D eigenvalue weighted by Crippen LogP contribution is -2.28. The molecule has 3 amide bonds. The number of carbonyl (C=O) groups excluding carboxylic acids is 3. The molecule has 0 saturated carbocycles. The molecule has 4 N–H and O–H groups in total. The molecule has 0 radical (unpaired) electrons. The summed E-state index contributed by atoms with van der Waals surface area (Å²) in [5.74, 6) is -0.339. The monoisotopic (exact) mass is 395 g/mol. The Hall–Kier alpha value is -3.65. The normalized spacial score (nSPS) is 10.1. The van der Waals surface area contributed by atoms with E-state index in [4.69, 9.17) is 10.5 Å². The van der Waals surface area contributed by atoms with Crippen LogP contribution in [0.5, 0.6) is 5.75 Å². The number of primary amides is 1. The maximum atomic E-state index is 12.2. The molecule has 2 aromatic carbocycles. The molecule has 0 aliphatic rings. The number of anilines is 1. The SMILES string of the molecule is NC(=O)NCc1ccc(C(=O)Oc2ccc(NC(=O)c3cccs3)cc2)cc1. The van der Waals surface area contributed by atoms with Gasteiger partial charge in [0.05, 0.1) is 10.4 Å². The minimum absolute atomic E-state index is 0.189. The molecule has 0 saturated heterocycles. The molecule has 3 rings (SSSR count). The van der Waals surface area contributed by atoms with Crippen LogP contribution in [0.3, 0.4) is 0 Å². The number of esters is 1. The van der Waals surface area contributed by atoms with Crippen molar-refractivity contribution in [2.24, 2.45) is 5.73 Å². The van der Waals surface area contributed by atoms with Crippen molar-refractivity contribution in [2.45, 2.75) is 6.54 Å². The van der Waals surface area contributed by atoms with Gasteiger partial charge >= 0.3 is 12.0 Å². The summed E-state index contributed by atoms with van der Waals surface area (Å²) in [4.78, 5) is 35.6. The van der Waals surface area contributed by atoms with Gasteiger partial charge in [-0.3, -0.25) is 4.79 Å². The number of thiophene rings is 1. The van der Waals surface area contributed by atoms with Crippen molar-refractivity contribution in [2.75, 3.05) is 5.32 Å². The summed E-state index contributed by atoms with van der Waals surface area (Å²) < 4.78 is 5.33. The number of carbonyl (C=O) groups is 3. The number of amides is 3. The average molecular weight is 395 g/mol. The second-order valence-electron chi connectivity index (χ2n) is 5.76. The minimum atomic E-state index is -0.612. The molecular weight excluding hydrogens is 378 g/mol. The molecule has 3 aromatic rings. The molecule has 0 spiro atoms. The predicted octanol–water partition coefficient (Wildman–Crippen LogP) is 3.39. The number of benzene rings is 2. The third-order valence-corrected chi connectivity index (χ3v) is 4.59. The van der Waals surface area contributed by atoms with Crippen LogP contribution >= 0.6 is 11.3 Å². The molecule has 142 valence electrons. The van der Waals surface area contributed by atoms with Gasteiger partial charge in [0.15, 0.2) is 0 Å². The first-order chi connectivity index (χ1) is 13.5. The van der Waals surface area contributed by atoms with Crippen LogP contribution in [-0.4, -0.2) is 17.9 Å². The van der Waals surface area contributed by atoms with Gasteiger partial charge in [0.25, 0.3) is 5.91 Å². The number of hydrogen-bond acceptors (Lipinski definition) is 5. The highest BCUT2D eigenvalue weighted by molar-refractivity contribution is 7.12. The molecule has 8 heteroatoms. The number of hydrogen-bond donors (Lipinski definition) is 3. The minimum Gasteiger partial charge on any atom is -0.423 e. The first-order valence-corrected chi connectivity index (χ1v) is 9.18. The lowest BCUT2D eigenvalue weighted by molar-refractivity contribution is 0.0734. The summed E-state index contributed by atoms with van der Waals surface area (Å²) in [6.45, 7) is 0.281.